The lowest BCUT2D eigenvalue weighted by molar-refractivity contribution is -0.139. The number of carbonyl (C=O) groups excluding carboxylic acids is 1. The van der Waals surface area contributed by atoms with Gasteiger partial charge in [-0.1, -0.05) is 6.07 Å². The van der Waals surface area contributed by atoms with Crippen molar-refractivity contribution in [2.75, 3.05) is 20.1 Å². The van der Waals surface area contributed by atoms with E-state index in [4.69, 9.17) is 5.11 Å². The maximum Gasteiger partial charge on any atom is 0.317 e. The predicted molar refractivity (Wildman–Crippen MR) is 73.0 cm³/mol. The zero-order valence-electron chi connectivity index (χ0n) is 10.9. The van der Waals surface area contributed by atoms with Crippen LogP contribution in [-0.4, -0.2) is 53.0 Å². The van der Waals surface area contributed by atoms with Crippen molar-refractivity contribution in [1.82, 2.24) is 9.80 Å². The van der Waals surface area contributed by atoms with E-state index in [1.165, 1.54) is 0 Å². The molecule has 1 aliphatic rings. The van der Waals surface area contributed by atoms with Crippen molar-refractivity contribution in [2.24, 2.45) is 0 Å². The Morgan fingerprint density at radius 1 is 1.42 bits per heavy atom. The molecule has 1 N–H and O–H groups in total. The molecule has 104 valence electrons. The minimum atomic E-state index is -0.874. The van der Waals surface area contributed by atoms with Gasteiger partial charge in [0.25, 0.3) is 0 Å². The minimum absolute atomic E-state index is 0.0263. The fourth-order valence-corrected chi connectivity index (χ4v) is 2.70. The third kappa shape index (κ3) is 4.33. The molecule has 0 aromatic carbocycles. The molecule has 1 heterocycles. The molecule has 1 aliphatic carbocycles. The lowest BCUT2D eigenvalue weighted by Crippen LogP contribution is -2.41. The van der Waals surface area contributed by atoms with E-state index < -0.39 is 5.97 Å². The summed E-state index contributed by atoms with van der Waals surface area (Å²) < 4.78 is 0. The smallest absolute Gasteiger partial charge is 0.317 e. The summed E-state index contributed by atoms with van der Waals surface area (Å²) in [5, 5.41) is 10.8. The topological polar surface area (TPSA) is 60.9 Å². The van der Waals surface area contributed by atoms with E-state index in [0.717, 1.165) is 17.7 Å². The van der Waals surface area contributed by atoms with Crippen LogP contribution in [0.3, 0.4) is 0 Å². The molecule has 0 unspecified atom stereocenters. The van der Waals surface area contributed by atoms with Gasteiger partial charge in [0.15, 0.2) is 0 Å². The Morgan fingerprint density at radius 2 is 2.16 bits per heavy atom. The molecule has 1 amide bonds. The Labute approximate surface area is 116 Å². The summed E-state index contributed by atoms with van der Waals surface area (Å²) in [7, 11) is 1.76. The van der Waals surface area contributed by atoms with Crippen LogP contribution in [0.2, 0.25) is 0 Å². The molecule has 0 atom stereocenters. The predicted octanol–water partition coefficient (Wildman–Crippen LogP) is 1.26. The molecule has 1 saturated carbocycles. The summed E-state index contributed by atoms with van der Waals surface area (Å²) in [4.78, 5) is 27.4. The van der Waals surface area contributed by atoms with Gasteiger partial charge < -0.3 is 10.0 Å². The Morgan fingerprint density at radius 3 is 2.68 bits per heavy atom. The van der Waals surface area contributed by atoms with Gasteiger partial charge in [-0.15, -0.1) is 11.3 Å². The molecule has 1 aromatic heterocycles. The second-order valence-electron chi connectivity index (χ2n) is 4.86. The number of carboxylic acids is 1. The lowest BCUT2D eigenvalue weighted by Gasteiger charge is -2.23. The maximum absolute atomic E-state index is 12.1. The van der Waals surface area contributed by atoms with E-state index in [2.05, 4.69) is 0 Å². The molecule has 0 bridgehead atoms. The molecule has 5 nitrogen and oxygen atoms in total. The summed E-state index contributed by atoms with van der Waals surface area (Å²) in [5.41, 5.74) is 0. The number of aliphatic carboxylic acids is 1. The van der Waals surface area contributed by atoms with Crippen LogP contribution < -0.4 is 0 Å². The maximum atomic E-state index is 12.1. The van der Waals surface area contributed by atoms with Crippen molar-refractivity contribution < 1.29 is 14.7 Å². The number of carbonyl (C=O) groups is 2. The fourth-order valence-electron chi connectivity index (χ4n) is 1.95. The van der Waals surface area contributed by atoms with E-state index in [0.29, 0.717) is 6.54 Å². The molecule has 0 radical (unpaired) electrons. The SMILES string of the molecule is CN(Cc1cccs1)C(=O)CN(CC(=O)O)C1CC1. The Hall–Kier alpha value is -1.40. The lowest BCUT2D eigenvalue weighted by atomic mass is 10.3. The Bertz CT molecular complexity index is 443. The van der Waals surface area contributed by atoms with E-state index >= 15 is 0 Å². The molecular formula is C13H18N2O3S. The average Bonchev–Trinajstić information content (AvgIpc) is 3.07. The summed E-state index contributed by atoms with van der Waals surface area (Å²) in [6.07, 6.45) is 1.99. The van der Waals surface area contributed by atoms with Gasteiger partial charge in [-0.3, -0.25) is 14.5 Å². The van der Waals surface area contributed by atoms with Crippen LogP contribution in [0.1, 0.15) is 17.7 Å². The van der Waals surface area contributed by atoms with Crippen molar-refractivity contribution in [3.8, 4) is 0 Å². The van der Waals surface area contributed by atoms with Gasteiger partial charge in [-0.05, 0) is 24.3 Å². The average molecular weight is 282 g/mol. The first-order valence-electron chi connectivity index (χ1n) is 6.28. The fraction of sp³-hybridized carbons (Fsp3) is 0.538. The highest BCUT2D eigenvalue weighted by Crippen LogP contribution is 2.26. The van der Waals surface area contributed by atoms with Crippen LogP contribution in [0.15, 0.2) is 17.5 Å². The van der Waals surface area contributed by atoms with Crippen molar-refractivity contribution in [3.05, 3.63) is 22.4 Å². The van der Waals surface area contributed by atoms with Crippen LogP contribution >= 0.6 is 11.3 Å². The van der Waals surface area contributed by atoms with Crippen LogP contribution in [0.4, 0.5) is 0 Å². The normalized spacial score (nSPS) is 14.6. The van der Waals surface area contributed by atoms with Gasteiger partial charge in [0.1, 0.15) is 0 Å². The van der Waals surface area contributed by atoms with Crippen molar-refractivity contribution >= 4 is 23.2 Å². The van der Waals surface area contributed by atoms with Gasteiger partial charge >= 0.3 is 5.97 Å². The number of amides is 1. The van der Waals surface area contributed by atoms with Gasteiger partial charge in [-0.25, -0.2) is 0 Å². The molecule has 0 saturated heterocycles. The zero-order valence-corrected chi connectivity index (χ0v) is 11.7. The standard InChI is InChI=1S/C13H18N2O3S/c1-14(7-11-3-2-6-19-11)12(16)8-15(9-13(17)18)10-4-5-10/h2-3,6,10H,4-5,7-9H2,1H3,(H,17,18). The van der Waals surface area contributed by atoms with Crippen LogP contribution in [-0.2, 0) is 16.1 Å². The molecule has 19 heavy (non-hydrogen) atoms. The third-order valence-corrected chi connectivity index (χ3v) is 4.00. The van der Waals surface area contributed by atoms with E-state index in [9.17, 15) is 9.59 Å². The molecule has 6 heteroatoms. The zero-order chi connectivity index (χ0) is 13.8. The second-order valence-corrected chi connectivity index (χ2v) is 5.89. The Balaban J connectivity index is 1.85. The number of thiophene rings is 1. The van der Waals surface area contributed by atoms with Crippen molar-refractivity contribution in [1.29, 1.82) is 0 Å². The Kier molecular flexibility index (Phi) is 4.55. The molecule has 2 rings (SSSR count). The van der Waals surface area contributed by atoms with Gasteiger partial charge in [0.2, 0.25) is 5.91 Å². The summed E-state index contributed by atoms with van der Waals surface area (Å²) >= 11 is 1.62. The van der Waals surface area contributed by atoms with Gasteiger partial charge in [-0.2, -0.15) is 0 Å². The summed E-state index contributed by atoms with van der Waals surface area (Å²) in [5.74, 6) is -0.901. The highest BCUT2D eigenvalue weighted by atomic mass is 32.1. The van der Waals surface area contributed by atoms with Gasteiger partial charge in [0.05, 0.1) is 19.6 Å². The second kappa shape index (κ2) is 6.16. The van der Waals surface area contributed by atoms with Gasteiger partial charge in [0, 0.05) is 18.0 Å². The number of carboxylic acid groups (broad SMARTS) is 1. The molecule has 1 fully saturated rings. The molecule has 0 aliphatic heterocycles. The summed E-state index contributed by atoms with van der Waals surface area (Å²) in [6.45, 7) is 0.726. The molecule has 0 spiro atoms. The number of nitrogens with zero attached hydrogens (tertiary/aromatic N) is 2. The first kappa shape index (κ1) is 14.0. The van der Waals surface area contributed by atoms with Crippen LogP contribution in [0.5, 0.6) is 0 Å². The largest absolute Gasteiger partial charge is 0.480 e. The number of likely N-dealkylation sites (N-methyl/N-ethyl adjacent to an activating group) is 1. The highest BCUT2D eigenvalue weighted by Gasteiger charge is 2.32. The van der Waals surface area contributed by atoms with E-state index in [1.54, 1.807) is 28.2 Å². The first-order chi connectivity index (χ1) is 9.06. The van der Waals surface area contributed by atoms with Crippen molar-refractivity contribution in [3.63, 3.8) is 0 Å². The monoisotopic (exact) mass is 282 g/mol. The third-order valence-electron chi connectivity index (χ3n) is 3.14. The quantitative estimate of drug-likeness (QED) is 0.818. The number of hydrogen-bond acceptors (Lipinski definition) is 4. The minimum Gasteiger partial charge on any atom is -0.480 e. The molecule has 1 aromatic rings. The van der Waals surface area contributed by atoms with Crippen LogP contribution in [0, 0.1) is 0 Å². The van der Waals surface area contributed by atoms with E-state index in [-0.39, 0.29) is 25.0 Å². The first-order valence-corrected chi connectivity index (χ1v) is 7.16. The van der Waals surface area contributed by atoms with Crippen LogP contribution in [0.25, 0.3) is 0 Å². The summed E-state index contributed by atoms with van der Waals surface area (Å²) in [6, 6.07) is 4.22. The highest BCUT2D eigenvalue weighted by molar-refractivity contribution is 7.09. The number of hydrogen-bond donors (Lipinski definition) is 1. The van der Waals surface area contributed by atoms with E-state index in [1.807, 2.05) is 17.5 Å². The molecular weight excluding hydrogens is 264 g/mol. The van der Waals surface area contributed by atoms with Crippen molar-refractivity contribution in [2.45, 2.75) is 25.4 Å². The number of rotatable bonds is 7.